The Kier molecular flexibility index (Phi) is 7.45. The van der Waals surface area contributed by atoms with Crippen LogP contribution in [0.15, 0.2) is 34.3 Å². The van der Waals surface area contributed by atoms with Gasteiger partial charge in [-0.3, -0.25) is 4.90 Å². The summed E-state index contributed by atoms with van der Waals surface area (Å²) in [6.45, 7) is -0.983. The zero-order chi connectivity index (χ0) is 26.0. The van der Waals surface area contributed by atoms with Crippen molar-refractivity contribution in [3.63, 3.8) is 0 Å². The Labute approximate surface area is 213 Å². The molecule has 1 N–H and O–H groups in total. The van der Waals surface area contributed by atoms with Crippen LogP contribution in [0.4, 0.5) is 19.3 Å². The summed E-state index contributed by atoms with van der Waals surface area (Å²) in [5, 5.41) is 2.83. The zero-order valence-electron chi connectivity index (χ0n) is 18.8. The predicted molar refractivity (Wildman–Crippen MR) is 127 cm³/mol. The van der Waals surface area contributed by atoms with Crippen LogP contribution in [0, 0.1) is 11.6 Å². The first-order chi connectivity index (χ1) is 17.2. The van der Waals surface area contributed by atoms with Crippen molar-refractivity contribution in [1.29, 1.82) is 0 Å². The molecule has 36 heavy (non-hydrogen) atoms. The second-order valence-electron chi connectivity index (χ2n) is 7.37. The summed E-state index contributed by atoms with van der Waals surface area (Å²) in [6, 6.07) is 3.55. The average Bonchev–Trinajstić information content (AvgIpc) is 3.21. The van der Waals surface area contributed by atoms with Crippen molar-refractivity contribution in [2.45, 2.75) is 18.8 Å². The smallest absolute Gasteiger partial charge is 0.343 e. The van der Waals surface area contributed by atoms with E-state index in [-0.39, 0.29) is 38.7 Å². The lowest BCUT2D eigenvalue weighted by atomic mass is 10.2. The van der Waals surface area contributed by atoms with E-state index in [0.717, 1.165) is 6.07 Å². The number of methoxy groups -OCH3 is 2. The molecule has 0 radical (unpaired) electrons. The molecule has 0 aromatic heterocycles. The molecule has 2 aromatic carbocycles. The summed E-state index contributed by atoms with van der Waals surface area (Å²) < 4.78 is 49.2. The first-order valence-electron chi connectivity index (χ1n) is 10.3. The molecule has 1 fully saturated rings. The van der Waals surface area contributed by atoms with Crippen LogP contribution < -0.4 is 24.4 Å². The van der Waals surface area contributed by atoms with Gasteiger partial charge in [0.15, 0.2) is 35.9 Å². The SMILES string of the molecule is COC(=O)COc1cc(Cl)c(N2C(=O)NC3C(Cl)=NC=NC32)cc1OCc1c(OC)ccc(F)c1F. The van der Waals surface area contributed by atoms with Crippen molar-refractivity contribution in [3.8, 4) is 17.2 Å². The van der Waals surface area contributed by atoms with Crippen LogP contribution in [0.1, 0.15) is 5.56 Å². The van der Waals surface area contributed by atoms with Crippen molar-refractivity contribution in [2.75, 3.05) is 25.7 Å². The zero-order valence-corrected chi connectivity index (χ0v) is 20.3. The van der Waals surface area contributed by atoms with Gasteiger partial charge in [-0.2, -0.15) is 0 Å². The lowest BCUT2D eigenvalue weighted by Crippen LogP contribution is -2.40. The summed E-state index contributed by atoms with van der Waals surface area (Å²) in [7, 11) is 2.47. The predicted octanol–water partition coefficient (Wildman–Crippen LogP) is 3.66. The van der Waals surface area contributed by atoms with Crippen LogP contribution >= 0.6 is 23.2 Å². The quantitative estimate of drug-likeness (QED) is 0.509. The highest BCUT2D eigenvalue weighted by Gasteiger charge is 2.44. The summed E-state index contributed by atoms with van der Waals surface area (Å²) in [5.41, 5.74) is -0.0518. The van der Waals surface area contributed by atoms with Gasteiger partial charge in [-0.1, -0.05) is 23.2 Å². The highest BCUT2D eigenvalue weighted by Crippen LogP contribution is 2.41. The van der Waals surface area contributed by atoms with Gasteiger partial charge in [-0.05, 0) is 12.1 Å². The molecule has 4 rings (SSSR count). The number of hydrogen-bond donors (Lipinski definition) is 1. The number of esters is 1. The van der Waals surface area contributed by atoms with E-state index in [4.69, 9.17) is 37.4 Å². The Morgan fingerprint density at radius 3 is 2.61 bits per heavy atom. The minimum atomic E-state index is -1.16. The molecule has 14 heteroatoms. The molecule has 1 saturated heterocycles. The standard InChI is InChI=1S/C22H18Cl2F2N4O6/c1-33-14-4-3-12(25)18(26)10(14)7-35-16-6-13(11(23)5-15(16)36-8-17(31)34-2)30-21-19(29-22(30)32)20(24)27-9-28-21/h3-6,9,19,21H,7-8H2,1-2H3,(H,29,32). The second kappa shape index (κ2) is 10.5. The first kappa shape index (κ1) is 25.5. The third kappa shape index (κ3) is 4.86. The van der Waals surface area contributed by atoms with Gasteiger partial charge in [0, 0.05) is 12.1 Å². The largest absolute Gasteiger partial charge is 0.496 e. The number of carbonyl (C=O) groups is 2. The minimum Gasteiger partial charge on any atom is -0.496 e. The van der Waals surface area contributed by atoms with Gasteiger partial charge in [-0.15, -0.1) is 0 Å². The van der Waals surface area contributed by atoms with Crippen molar-refractivity contribution < 1.29 is 37.3 Å². The fourth-order valence-corrected chi connectivity index (χ4v) is 4.01. The number of nitrogens with one attached hydrogen (secondary N) is 1. The molecule has 0 aliphatic carbocycles. The molecular weight excluding hydrogens is 525 g/mol. The summed E-state index contributed by atoms with van der Waals surface area (Å²) in [5.74, 6) is -2.96. The third-order valence-electron chi connectivity index (χ3n) is 5.31. The van der Waals surface area contributed by atoms with E-state index >= 15 is 0 Å². The van der Waals surface area contributed by atoms with E-state index in [1.54, 1.807) is 0 Å². The summed E-state index contributed by atoms with van der Waals surface area (Å²) in [4.78, 5) is 33.7. The number of amides is 2. The van der Waals surface area contributed by atoms with Gasteiger partial charge in [0.1, 0.15) is 29.9 Å². The third-order valence-corrected chi connectivity index (χ3v) is 5.94. The van der Waals surface area contributed by atoms with Gasteiger partial charge in [-0.25, -0.2) is 28.4 Å². The molecule has 0 spiro atoms. The Bertz CT molecular complexity index is 1280. The fraction of sp³-hybridized carbons (Fsp3) is 0.273. The number of anilines is 1. The fourth-order valence-electron chi connectivity index (χ4n) is 3.55. The van der Waals surface area contributed by atoms with Gasteiger partial charge < -0.3 is 24.3 Å². The van der Waals surface area contributed by atoms with Crippen molar-refractivity contribution >= 4 is 52.4 Å². The molecule has 10 nitrogen and oxygen atoms in total. The molecule has 0 bridgehead atoms. The number of carbonyl (C=O) groups excluding carboxylic acids is 2. The number of ether oxygens (including phenoxy) is 4. The topological polar surface area (TPSA) is 111 Å². The number of fused-ring (bicyclic) bond motifs is 1. The van der Waals surface area contributed by atoms with E-state index in [2.05, 4.69) is 20.0 Å². The van der Waals surface area contributed by atoms with Gasteiger partial charge in [0.2, 0.25) is 0 Å². The van der Waals surface area contributed by atoms with Crippen LogP contribution in [0.3, 0.4) is 0 Å². The average molecular weight is 543 g/mol. The molecule has 2 aromatic rings. The Morgan fingerprint density at radius 2 is 1.89 bits per heavy atom. The lowest BCUT2D eigenvalue weighted by Gasteiger charge is -2.25. The molecule has 2 atom stereocenters. The van der Waals surface area contributed by atoms with Crippen molar-refractivity contribution in [1.82, 2.24) is 5.32 Å². The van der Waals surface area contributed by atoms with Gasteiger partial charge in [0.25, 0.3) is 0 Å². The van der Waals surface area contributed by atoms with Crippen LogP contribution in [-0.2, 0) is 16.1 Å². The maximum Gasteiger partial charge on any atom is 0.343 e. The first-order valence-corrected chi connectivity index (χ1v) is 11.0. The van der Waals surface area contributed by atoms with E-state index in [9.17, 15) is 18.4 Å². The van der Waals surface area contributed by atoms with E-state index in [1.807, 2.05) is 0 Å². The highest BCUT2D eigenvalue weighted by molar-refractivity contribution is 6.67. The Balaban J connectivity index is 1.71. The molecule has 2 aliphatic heterocycles. The molecule has 2 unspecified atom stereocenters. The normalized spacial score (nSPS) is 18.3. The van der Waals surface area contributed by atoms with Gasteiger partial charge in [0.05, 0.1) is 30.5 Å². The van der Waals surface area contributed by atoms with Crippen LogP contribution in [0.2, 0.25) is 5.02 Å². The van der Waals surface area contributed by atoms with Crippen molar-refractivity contribution in [3.05, 3.63) is 46.5 Å². The van der Waals surface area contributed by atoms with Crippen LogP contribution in [0.25, 0.3) is 0 Å². The van der Waals surface area contributed by atoms with E-state index in [0.29, 0.717) is 0 Å². The van der Waals surface area contributed by atoms with E-state index < -0.39 is 49.1 Å². The maximum atomic E-state index is 14.5. The number of urea groups is 1. The minimum absolute atomic E-state index is 0.0205. The highest BCUT2D eigenvalue weighted by atomic mass is 35.5. The Hall–Kier alpha value is -3.64. The molecule has 2 amide bonds. The molecular formula is C22H18Cl2F2N4O6. The second-order valence-corrected chi connectivity index (χ2v) is 8.17. The van der Waals surface area contributed by atoms with Crippen LogP contribution in [0.5, 0.6) is 17.2 Å². The molecule has 2 aliphatic rings. The molecule has 0 saturated carbocycles. The molecule has 190 valence electrons. The number of aliphatic imine (C=N–C) groups is 2. The van der Waals surface area contributed by atoms with E-state index in [1.165, 1.54) is 43.7 Å². The lowest BCUT2D eigenvalue weighted by molar-refractivity contribution is -0.142. The number of nitrogens with zero attached hydrogens (tertiary/aromatic N) is 3. The summed E-state index contributed by atoms with van der Waals surface area (Å²) in [6.07, 6.45) is 0.421. The maximum absolute atomic E-state index is 14.5. The van der Waals surface area contributed by atoms with Crippen LogP contribution in [-0.4, -0.2) is 56.5 Å². The van der Waals surface area contributed by atoms with Gasteiger partial charge >= 0.3 is 12.0 Å². The monoisotopic (exact) mass is 542 g/mol. The number of hydrogen-bond acceptors (Lipinski definition) is 8. The summed E-state index contributed by atoms with van der Waals surface area (Å²) >= 11 is 12.6. The number of halogens is 4. The molecule has 2 heterocycles. The van der Waals surface area contributed by atoms with Crippen molar-refractivity contribution in [2.24, 2.45) is 9.98 Å². The number of benzene rings is 2. The Morgan fingerprint density at radius 1 is 1.14 bits per heavy atom. The number of rotatable bonds is 8.